The highest BCUT2D eigenvalue weighted by Crippen LogP contribution is 2.29. The second-order valence-corrected chi connectivity index (χ2v) is 6.86. The molecule has 0 radical (unpaired) electrons. The minimum absolute atomic E-state index is 0.0397. The van der Waals surface area contributed by atoms with E-state index in [0.717, 1.165) is 10.4 Å². The zero-order valence-corrected chi connectivity index (χ0v) is 13.5. The van der Waals surface area contributed by atoms with E-state index in [1.807, 2.05) is 0 Å². The van der Waals surface area contributed by atoms with E-state index < -0.39 is 28.0 Å². The Kier molecular flexibility index (Phi) is 4.90. The maximum atomic E-state index is 12.7. The molecule has 1 aromatic rings. The third-order valence-corrected chi connectivity index (χ3v) is 5.58. The van der Waals surface area contributed by atoms with Gasteiger partial charge in [0.25, 0.3) is 0 Å². The van der Waals surface area contributed by atoms with Gasteiger partial charge in [0.05, 0.1) is 19.1 Å². The van der Waals surface area contributed by atoms with Gasteiger partial charge in [-0.15, -0.1) is 0 Å². The molecule has 0 spiro atoms. The Balaban J connectivity index is 2.48. The number of aliphatic carboxylic acids is 1. The number of ether oxygens (including phenoxy) is 2. The second kappa shape index (κ2) is 6.55. The number of rotatable bonds is 5. The number of sulfonamides is 1. The summed E-state index contributed by atoms with van der Waals surface area (Å²) in [7, 11) is -1.52. The molecule has 0 bridgehead atoms. The fourth-order valence-electron chi connectivity index (χ4n) is 2.53. The predicted octanol–water partition coefficient (Wildman–Crippen LogP) is 0.720. The van der Waals surface area contributed by atoms with Crippen LogP contribution in [-0.4, -0.2) is 56.6 Å². The molecule has 23 heavy (non-hydrogen) atoms. The highest BCUT2D eigenvalue weighted by atomic mass is 32.2. The van der Waals surface area contributed by atoms with Crippen molar-refractivity contribution in [2.45, 2.75) is 23.8 Å². The zero-order valence-electron chi connectivity index (χ0n) is 12.7. The summed E-state index contributed by atoms with van der Waals surface area (Å²) in [6, 6.07) is 2.66. The molecule has 9 heteroatoms. The van der Waals surface area contributed by atoms with Crippen LogP contribution in [0.4, 0.5) is 0 Å². The SMILES string of the molecule is COC(=O)c1cc(S(=O)(=O)N2CCC[C@@H]2C(=O)O)ccc1OC. The Labute approximate surface area is 133 Å². The Morgan fingerprint density at radius 2 is 2.00 bits per heavy atom. The lowest BCUT2D eigenvalue weighted by Gasteiger charge is -2.21. The lowest BCUT2D eigenvalue weighted by Crippen LogP contribution is -2.40. The van der Waals surface area contributed by atoms with E-state index in [0.29, 0.717) is 6.42 Å². The molecule has 0 unspecified atom stereocenters. The minimum atomic E-state index is -4.03. The summed E-state index contributed by atoms with van der Waals surface area (Å²) in [6.45, 7) is 0.124. The Hall–Kier alpha value is -2.13. The normalized spacial score (nSPS) is 18.6. The molecule has 1 aliphatic rings. The van der Waals surface area contributed by atoms with E-state index in [4.69, 9.17) is 9.84 Å². The highest BCUT2D eigenvalue weighted by molar-refractivity contribution is 7.89. The van der Waals surface area contributed by atoms with Gasteiger partial charge in [-0.2, -0.15) is 4.31 Å². The predicted molar refractivity (Wildman–Crippen MR) is 78.9 cm³/mol. The molecular formula is C14H17NO7S. The van der Waals surface area contributed by atoms with E-state index >= 15 is 0 Å². The molecule has 0 aromatic heterocycles. The summed E-state index contributed by atoms with van der Waals surface area (Å²) in [5.74, 6) is -1.75. The van der Waals surface area contributed by atoms with Crippen molar-refractivity contribution in [2.24, 2.45) is 0 Å². The van der Waals surface area contributed by atoms with Crippen molar-refractivity contribution in [2.75, 3.05) is 20.8 Å². The van der Waals surface area contributed by atoms with Crippen molar-refractivity contribution < 1.29 is 32.6 Å². The molecule has 0 aliphatic carbocycles. The first-order valence-electron chi connectivity index (χ1n) is 6.84. The molecular weight excluding hydrogens is 326 g/mol. The number of methoxy groups -OCH3 is 2. The summed E-state index contributed by atoms with van der Waals surface area (Å²) >= 11 is 0. The molecule has 1 aromatic carbocycles. The molecule has 1 N–H and O–H groups in total. The number of esters is 1. The van der Waals surface area contributed by atoms with Crippen LogP contribution in [0.1, 0.15) is 23.2 Å². The van der Waals surface area contributed by atoms with Gasteiger partial charge in [-0.25, -0.2) is 13.2 Å². The molecule has 126 valence electrons. The summed E-state index contributed by atoms with van der Waals surface area (Å²) < 4.78 is 35.9. The highest BCUT2D eigenvalue weighted by Gasteiger charge is 2.39. The smallest absolute Gasteiger partial charge is 0.341 e. The number of carbonyl (C=O) groups excluding carboxylic acids is 1. The van der Waals surface area contributed by atoms with Gasteiger partial charge >= 0.3 is 11.9 Å². The van der Waals surface area contributed by atoms with Crippen LogP contribution < -0.4 is 4.74 Å². The third-order valence-electron chi connectivity index (χ3n) is 3.67. The minimum Gasteiger partial charge on any atom is -0.496 e. The molecule has 2 rings (SSSR count). The molecule has 1 saturated heterocycles. The Morgan fingerprint density at radius 1 is 1.30 bits per heavy atom. The maximum Gasteiger partial charge on any atom is 0.341 e. The monoisotopic (exact) mass is 343 g/mol. The van der Waals surface area contributed by atoms with E-state index in [-0.39, 0.29) is 29.2 Å². The fourth-order valence-corrected chi connectivity index (χ4v) is 4.20. The molecule has 0 saturated carbocycles. The Morgan fingerprint density at radius 3 is 2.57 bits per heavy atom. The summed E-state index contributed by atoms with van der Waals surface area (Å²) in [4.78, 5) is 22.8. The first-order valence-corrected chi connectivity index (χ1v) is 8.28. The standard InChI is InChI=1S/C14H17NO7S/c1-21-12-6-5-9(8-10(12)14(18)22-2)23(19,20)15-7-3-4-11(15)13(16)17/h5-6,8,11H,3-4,7H2,1-2H3,(H,16,17)/t11-/m1/s1. The maximum absolute atomic E-state index is 12.7. The van der Waals surface area contributed by atoms with Crippen molar-refractivity contribution in [1.29, 1.82) is 0 Å². The first kappa shape index (κ1) is 17.2. The van der Waals surface area contributed by atoms with E-state index in [2.05, 4.69) is 4.74 Å². The molecule has 0 amide bonds. The number of carboxylic acid groups (broad SMARTS) is 1. The van der Waals surface area contributed by atoms with Crippen LogP contribution >= 0.6 is 0 Å². The van der Waals surface area contributed by atoms with Crippen LogP contribution in [0.15, 0.2) is 23.1 Å². The molecule has 1 aliphatic heterocycles. The number of carboxylic acids is 1. The quantitative estimate of drug-likeness (QED) is 0.784. The van der Waals surface area contributed by atoms with Gasteiger partial charge in [-0.05, 0) is 31.0 Å². The van der Waals surface area contributed by atoms with Crippen molar-refractivity contribution >= 4 is 22.0 Å². The third kappa shape index (κ3) is 3.15. The van der Waals surface area contributed by atoms with Crippen molar-refractivity contribution in [3.05, 3.63) is 23.8 Å². The fraction of sp³-hybridized carbons (Fsp3) is 0.429. The average molecular weight is 343 g/mol. The summed E-state index contributed by atoms with van der Waals surface area (Å²) in [5, 5.41) is 9.16. The lowest BCUT2D eigenvalue weighted by molar-refractivity contribution is -0.140. The van der Waals surface area contributed by atoms with Crippen molar-refractivity contribution in [3.63, 3.8) is 0 Å². The number of hydrogen-bond acceptors (Lipinski definition) is 6. The number of hydrogen-bond donors (Lipinski definition) is 1. The van der Waals surface area contributed by atoms with Gasteiger partial charge < -0.3 is 14.6 Å². The van der Waals surface area contributed by atoms with Gasteiger partial charge in [0.1, 0.15) is 17.4 Å². The van der Waals surface area contributed by atoms with Gasteiger partial charge in [-0.3, -0.25) is 4.79 Å². The van der Waals surface area contributed by atoms with Crippen LogP contribution in [0.2, 0.25) is 0 Å². The van der Waals surface area contributed by atoms with Gasteiger partial charge in [0.2, 0.25) is 10.0 Å². The van der Waals surface area contributed by atoms with Gasteiger partial charge in [0, 0.05) is 6.54 Å². The van der Waals surface area contributed by atoms with Crippen molar-refractivity contribution in [3.8, 4) is 5.75 Å². The van der Waals surface area contributed by atoms with Crippen LogP contribution in [0.5, 0.6) is 5.75 Å². The molecule has 1 fully saturated rings. The van der Waals surface area contributed by atoms with E-state index in [9.17, 15) is 18.0 Å². The first-order chi connectivity index (χ1) is 10.8. The molecule has 8 nitrogen and oxygen atoms in total. The van der Waals surface area contributed by atoms with Gasteiger partial charge in [-0.1, -0.05) is 0 Å². The van der Waals surface area contributed by atoms with Crippen molar-refractivity contribution in [1.82, 2.24) is 4.31 Å². The summed E-state index contributed by atoms with van der Waals surface area (Å²) in [5.41, 5.74) is -0.0397. The number of nitrogens with zero attached hydrogens (tertiary/aromatic N) is 1. The molecule has 1 heterocycles. The van der Waals surface area contributed by atoms with Gasteiger partial charge in [0.15, 0.2) is 0 Å². The Bertz CT molecular complexity index is 729. The van der Waals surface area contributed by atoms with Crippen LogP contribution in [0, 0.1) is 0 Å². The largest absolute Gasteiger partial charge is 0.496 e. The van der Waals surface area contributed by atoms with E-state index in [1.165, 1.54) is 26.4 Å². The molecule has 1 atom stereocenters. The topological polar surface area (TPSA) is 110 Å². The summed E-state index contributed by atoms with van der Waals surface area (Å²) in [6.07, 6.45) is 0.727. The number of benzene rings is 1. The number of carbonyl (C=O) groups is 2. The lowest BCUT2D eigenvalue weighted by atomic mass is 10.2. The second-order valence-electron chi connectivity index (χ2n) is 4.97. The average Bonchev–Trinajstić information content (AvgIpc) is 3.04. The zero-order chi connectivity index (χ0) is 17.2. The van der Waals surface area contributed by atoms with E-state index in [1.54, 1.807) is 0 Å². The van der Waals surface area contributed by atoms with Crippen LogP contribution in [-0.2, 0) is 19.6 Å². The van der Waals surface area contributed by atoms with Crippen LogP contribution in [0.25, 0.3) is 0 Å². The van der Waals surface area contributed by atoms with Crippen LogP contribution in [0.3, 0.4) is 0 Å².